The second-order valence-corrected chi connectivity index (χ2v) is 11.0. The monoisotopic (exact) mass is 525 g/mol. The Bertz CT molecular complexity index is 1110. The maximum atomic E-state index is 14.3. The molecule has 0 spiro atoms. The zero-order valence-electron chi connectivity index (χ0n) is 22.3. The first-order valence-electron chi connectivity index (χ1n) is 14.2. The van der Waals surface area contributed by atoms with Crippen LogP contribution in [0.15, 0.2) is 30.3 Å². The third-order valence-electron chi connectivity index (χ3n) is 8.09. The van der Waals surface area contributed by atoms with E-state index in [1.807, 2.05) is 4.90 Å². The number of nitrogens with zero attached hydrogens (tertiary/aromatic N) is 2. The average Bonchev–Trinajstić information content (AvgIpc) is 3.37. The predicted octanol–water partition coefficient (Wildman–Crippen LogP) is 5.45. The first-order valence-corrected chi connectivity index (χ1v) is 14.2. The van der Waals surface area contributed by atoms with Crippen molar-refractivity contribution in [1.29, 1.82) is 0 Å². The SMILES string of the molecule is C[C@@H]1CCc2ccc(CCCCO[C@@H]3CCN([C@H](C(=O)O)c4cc(F)ccc4[C@@H]4CCCCO4)C3)nc2N1. The molecule has 3 aliphatic rings. The Labute approximate surface area is 224 Å². The van der Waals surface area contributed by atoms with Crippen molar-refractivity contribution < 1.29 is 23.8 Å². The summed E-state index contributed by atoms with van der Waals surface area (Å²) in [5.41, 5.74) is 3.71. The van der Waals surface area contributed by atoms with E-state index in [-0.39, 0.29) is 12.2 Å². The van der Waals surface area contributed by atoms with Crippen molar-refractivity contribution in [2.45, 2.75) is 89.0 Å². The second-order valence-electron chi connectivity index (χ2n) is 11.0. The summed E-state index contributed by atoms with van der Waals surface area (Å²) in [7, 11) is 0. The number of likely N-dealkylation sites (tertiary alicyclic amines) is 1. The van der Waals surface area contributed by atoms with Gasteiger partial charge in [0.1, 0.15) is 17.7 Å². The lowest BCUT2D eigenvalue weighted by Gasteiger charge is -2.30. The first kappa shape index (κ1) is 27.0. The van der Waals surface area contributed by atoms with E-state index in [1.54, 1.807) is 6.07 Å². The maximum absolute atomic E-state index is 14.3. The molecule has 0 radical (unpaired) electrons. The minimum atomic E-state index is -0.963. The number of rotatable bonds is 10. The lowest BCUT2D eigenvalue weighted by molar-refractivity contribution is -0.143. The number of aromatic nitrogens is 1. The molecule has 8 heteroatoms. The van der Waals surface area contributed by atoms with Gasteiger partial charge in [0, 0.05) is 38.0 Å². The van der Waals surface area contributed by atoms with E-state index in [0.29, 0.717) is 37.9 Å². The van der Waals surface area contributed by atoms with Crippen molar-refractivity contribution in [3.63, 3.8) is 0 Å². The number of aliphatic carboxylic acids is 1. The van der Waals surface area contributed by atoms with Crippen LogP contribution in [0.2, 0.25) is 0 Å². The molecule has 2 fully saturated rings. The van der Waals surface area contributed by atoms with Gasteiger partial charge in [0.25, 0.3) is 0 Å². The van der Waals surface area contributed by atoms with Crippen molar-refractivity contribution in [3.05, 3.63) is 58.5 Å². The summed E-state index contributed by atoms with van der Waals surface area (Å²) in [6.45, 7) is 4.61. The zero-order chi connectivity index (χ0) is 26.5. The molecule has 7 nitrogen and oxygen atoms in total. The van der Waals surface area contributed by atoms with Gasteiger partial charge >= 0.3 is 5.97 Å². The standard InChI is InChI=1S/C30H40FN3O4/c1-20-8-9-21-10-12-23(33-29(21)32-20)6-2-4-16-37-24-14-15-34(19-24)28(30(35)36)26-18-22(31)11-13-25(26)27-7-3-5-17-38-27/h10-13,18,20,24,27-28H,2-9,14-17,19H2,1H3,(H,32,33)(H,35,36)/t20-,24-,27+,28+/m1/s1. The molecule has 0 amide bonds. The highest BCUT2D eigenvalue weighted by Gasteiger charge is 2.36. The number of halogens is 1. The van der Waals surface area contributed by atoms with Crippen LogP contribution in [-0.2, 0) is 27.1 Å². The normalized spacial score (nSPS) is 24.5. The van der Waals surface area contributed by atoms with Gasteiger partial charge < -0.3 is 19.9 Å². The molecule has 38 heavy (non-hydrogen) atoms. The number of hydrogen-bond acceptors (Lipinski definition) is 6. The van der Waals surface area contributed by atoms with Crippen LogP contribution < -0.4 is 5.32 Å². The third kappa shape index (κ3) is 6.53. The van der Waals surface area contributed by atoms with E-state index in [4.69, 9.17) is 14.5 Å². The molecule has 0 aliphatic carbocycles. The number of hydrogen-bond donors (Lipinski definition) is 2. The van der Waals surface area contributed by atoms with E-state index in [1.165, 1.54) is 17.7 Å². The van der Waals surface area contributed by atoms with E-state index in [0.717, 1.165) is 74.9 Å². The van der Waals surface area contributed by atoms with Gasteiger partial charge in [-0.15, -0.1) is 0 Å². The molecular weight excluding hydrogens is 485 g/mol. The number of fused-ring (bicyclic) bond motifs is 1. The van der Waals surface area contributed by atoms with Crippen molar-refractivity contribution in [2.75, 3.05) is 31.6 Å². The van der Waals surface area contributed by atoms with E-state index in [9.17, 15) is 14.3 Å². The summed E-state index contributed by atoms with van der Waals surface area (Å²) in [6, 6.07) is 8.38. The molecule has 0 saturated carbocycles. The van der Waals surface area contributed by atoms with Crippen LogP contribution in [0, 0.1) is 5.82 Å². The van der Waals surface area contributed by atoms with Crippen LogP contribution in [-0.4, -0.2) is 59.4 Å². The summed E-state index contributed by atoms with van der Waals surface area (Å²) >= 11 is 0. The number of carboxylic acids is 1. The number of carbonyl (C=O) groups is 1. The van der Waals surface area contributed by atoms with Crippen molar-refractivity contribution in [2.24, 2.45) is 0 Å². The molecule has 5 rings (SSSR count). The van der Waals surface area contributed by atoms with Crippen LogP contribution in [0.4, 0.5) is 10.2 Å². The smallest absolute Gasteiger partial charge is 0.325 e. The van der Waals surface area contributed by atoms with Crippen molar-refractivity contribution >= 4 is 11.8 Å². The Balaban J connectivity index is 1.13. The molecule has 3 aliphatic heterocycles. The number of unbranched alkanes of at least 4 members (excludes halogenated alkanes) is 1. The Hall–Kier alpha value is -2.55. The molecule has 1 aromatic carbocycles. The molecule has 206 valence electrons. The van der Waals surface area contributed by atoms with Gasteiger partial charge in [-0.1, -0.05) is 12.1 Å². The Kier molecular flexibility index (Phi) is 8.92. The molecule has 4 heterocycles. The maximum Gasteiger partial charge on any atom is 0.325 e. The highest BCUT2D eigenvalue weighted by atomic mass is 19.1. The first-order chi connectivity index (χ1) is 18.5. The van der Waals surface area contributed by atoms with Crippen molar-refractivity contribution in [3.8, 4) is 0 Å². The number of aryl methyl sites for hydroxylation is 2. The van der Waals surface area contributed by atoms with Crippen LogP contribution in [0.25, 0.3) is 0 Å². The number of pyridine rings is 1. The minimum absolute atomic E-state index is 0.0210. The molecule has 2 N–H and O–H groups in total. The predicted molar refractivity (Wildman–Crippen MR) is 144 cm³/mol. The van der Waals surface area contributed by atoms with E-state index < -0.39 is 17.8 Å². The Morgan fingerprint density at radius 1 is 1.24 bits per heavy atom. The third-order valence-corrected chi connectivity index (χ3v) is 8.09. The minimum Gasteiger partial charge on any atom is -0.480 e. The Morgan fingerprint density at radius 3 is 2.95 bits per heavy atom. The Morgan fingerprint density at radius 2 is 2.13 bits per heavy atom. The quantitative estimate of drug-likeness (QED) is 0.399. The van der Waals surface area contributed by atoms with Crippen LogP contribution in [0.1, 0.15) is 86.4 Å². The van der Waals surface area contributed by atoms with Gasteiger partial charge in [0.05, 0.1) is 12.2 Å². The summed E-state index contributed by atoms with van der Waals surface area (Å²) in [5, 5.41) is 13.7. The fourth-order valence-electron chi connectivity index (χ4n) is 6.00. The molecular formula is C30H40FN3O4. The van der Waals surface area contributed by atoms with Gasteiger partial charge in [-0.25, -0.2) is 9.37 Å². The largest absolute Gasteiger partial charge is 0.480 e. The van der Waals surface area contributed by atoms with Crippen LogP contribution in [0.5, 0.6) is 0 Å². The van der Waals surface area contributed by atoms with Gasteiger partial charge in [0.15, 0.2) is 0 Å². The van der Waals surface area contributed by atoms with Crippen LogP contribution >= 0.6 is 0 Å². The number of carboxylic acid groups (broad SMARTS) is 1. The van der Waals surface area contributed by atoms with Gasteiger partial charge in [-0.2, -0.15) is 0 Å². The van der Waals surface area contributed by atoms with E-state index >= 15 is 0 Å². The summed E-state index contributed by atoms with van der Waals surface area (Å²) in [5.74, 6) is -0.348. The van der Waals surface area contributed by atoms with E-state index in [2.05, 4.69) is 24.4 Å². The van der Waals surface area contributed by atoms with Crippen molar-refractivity contribution in [1.82, 2.24) is 9.88 Å². The summed E-state index contributed by atoms with van der Waals surface area (Å²) < 4.78 is 26.4. The van der Waals surface area contributed by atoms with Gasteiger partial charge in [0.2, 0.25) is 0 Å². The molecule has 0 bridgehead atoms. The summed E-state index contributed by atoms with van der Waals surface area (Å²) in [4.78, 5) is 19.2. The fourth-order valence-corrected chi connectivity index (χ4v) is 6.00. The lowest BCUT2D eigenvalue weighted by Crippen LogP contribution is -2.34. The van der Waals surface area contributed by atoms with Crippen LogP contribution in [0.3, 0.4) is 0 Å². The molecule has 0 unspecified atom stereocenters. The topological polar surface area (TPSA) is 83.9 Å². The second kappa shape index (κ2) is 12.5. The average molecular weight is 526 g/mol. The highest BCUT2D eigenvalue weighted by Crippen LogP contribution is 2.36. The molecule has 2 saturated heterocycles. The number of anilines is 1. The molecule has 1 aromatic heterocycles. The molecule has 2 aromatic rings. The molecule has 4 atom stereocenters. The lowest BCUT2D eigenvalue weighted by atomic mass is 9.92. The summed E-state index contributed by atoms with van der Waals surface area (Å²) in [6.07, 6.45) is 8.48. The fraction of sp³-hybridized carbons (Fsp3) is 0.600. The van der Waals surface area contributed by atoms with Gasteiger partial charge in [-0.3, -0.25) is 9.69 Å². The van der Waals surface area contributed by atoms with Gasteiger partial charge in [-0.05, 0) is 99.6 Å². The zero-order valence-corrected chi connectivity index (χ0v) is 22.3. The number of ether oxygens (including phenoxy) is 2. The number of nitrogens with one attached hydrogen (secondary N) is 1. The highest BCUT2D eigenvalue weighted by molar-refractivity contribution is 5.76. The number of benzene rings is 1.